The van der Waals surface area contributed by atoms with Crippen LogP contribution in [0.15, 0.2) is 12.3 Å². The van der Waals surface area contributed by atoms with Crippen LogP contribution < -0.4 is 5.32 Å². The summed E-state index contributed by atoms with van der Waals surface area (Å²) in [6, 6.07) is 2.07. The van der Waals surface area contributed by atoms with Crippen LogP contribution in [0.2, 0.25) is 0 Å². The number of halogens is 1. The number of aryl methyl sites for hydroxylation is 1. The SMILES string of the molecule is Cn1nccc1CCNCC1(CCl)CC1. The molecule has 0 bridgehead atoms. The minimum absolute atomic E-state index is 0.425. The Labute approximate surface area is 95.8 Å². The van der Waals surface area contributed by atoms with E-state index in [-0.39, 0.29) is 0 Å². The maximum atomic E-state index is 5.91. The van der Waals surface area contributed by atoms with Gasteiger partial charge >= 0.3 is 0 Å². The molecular formula is C11H18ClN3. The fraction of sp³-hybridized carbons (Fsp3) is 0.727. The molecule has 1 aliphatic carbocycles. The third-order valence-corrected chi connectivity index (χ3v) is 3.79. The molecule has 0 spiro atoms. The van der Waals surface area contributed by atoms with Crippen molar-refractivity contribution in [2.45, 2.75) is 19.3 Å². The molecule has 2 rings (SSSR count). The van der Waals surface area contributed by atoms with Gasteiger partial charge in [0.15, 0.2) is 0 Å². The Hall–Kier alpha value is -0.540. The minimum Gasteiger partial charge on any atom is -0.316 e. The Morgan fingerprint density at radius 2 is 2.40 bits per heavy atom. The average molecular weight is 228 g/mol. The van der Waals surface area contributed by atoms with Crippen molar-refractivity contribution < 1.29 is 0 Å². The van der Waals surface area contributed by atoms with E-state index in [4.69, 9.17) is 11.6 Å². The predicted molar refractivity (Wildman–Crippen MR) is 62.2 cm³/mol. The van der Waals surface area contributed by atoms with Gasteiger partial charge in [0.2, 0.25) is 0 Å². The highest BCUT2D eigenvalue weighted by molar-refractivity contribution is 6.18. The quantitative estimate of drug-likeness (QED) is 0.591. The number of rotatable bonds is 6. The van der Waals surface area contributed by atoms with Crippen LogP contribution in [0.25, 0.3) is 0 Å². The van der Waals surface area contributed by atoms with E-state index in [9.17, 15) is 0 Å². The summed E-state index contributed by atoms with van der Waals surface area (Å²) in [4.78, 5) is 0. The Morgan fingerprint density at radius 1 is 1.60 bits per heavy atom. The molecule has 1 saturated carbocycles. The first-order valence-electron chi connectivity index (χ1n) is 5.49. The molecule has 1 aromatic heterocycles. The van der Waals surface area contributed by atoms with Gasteiger partial charge in [-0.2, -0.15) is 5.10 Å². The van der Waals surface area contributed by atoms with Crippen molar-refractivity contribution in [2.24, 2.45) is 12.5 Å². The molecule has 1 fully saturated rings. The number of alkyl halides is 1. The number of nitrogens with one attached hydrogen (secondary N) is 1. The first-order chi connectivity index (χ1) is 7.26. The molecule has 0 atom stereocenters. The number of hydrogen-bond donors (Lipinski definition) is 1. The Bertz CT molecular complexity index is 317. The van der Waals surface area contributed by atoms with Gasteiger partial charge in [0, 0.05) is 44.3 Å². The van der Waals surface area contributed by atoms with Gasteiger partial charge in [0.25, 0.3) is 0 Å². The van der Waals surface area contributed by atoms with E-state index in [0.717, 1.165) is 25.4 Å². The second kappa shape index (κ2) is 4.54. The molecular weight excluding hydrogens is 210 g/mol. The van der Waals surface area contributed by atoms with Crippen molar-refractivity contribution in [3.63, 3.8) is 0 Å². The van der Waals surface area contributed by atoms with Crippen LogP contribution in [-0.4, -0.2) is 28.8 Å². The second-order valence-corrected chi connectivity index (χ2v) is 4.77. The van der Waals surface area contributed by atoms with Crippen LogP contribution >= 0.6 is 11.6 Å². The molecule has 0 unspecified atom stereocenters. The summed E-state index contributed by atoms with van der Waals surface area (Å²) in [5, 5.41) is 7.62. The smallest absolute Gasteiger partial charge is 0.0492 e. The molecule has 1 N–H and O–H groups in total. The van der Waals surface area contributed by atoms with Gasteiger partial charge in [-0.15, -0.1) is 11.6 Å². The maximum absolute atomic E-state index is 5.91. The van der Waals surface area contributed by atoms with Crippen molar-refractivity contribution in [3.8, 4) is 0 Å². The van der Waals surface area contributed by atoms with Crippen LogP contribution in [0.4, 0.5) is 0 Å². The van der Waals surface area contributed by atoms with Crippen LogP contribution in [-0.2, 0) is 13.5 Å². The largest absolute Gasteiger partial charge is 0.316 e. The van der Waals surface area contributed by atoms with E-state index in [0.29, 0.717) is 5.41 Å². The molecule has 0 aliphatic heterocycles. The van der Waals surface area contributed by atoms with E-state index in [1.807, 2.05) is 17.9 Å². The van der Waals surface area contributed by atoms with E-state index >= 15 is 0 Å². The van der Waals surface area contributed by atoms with Gasteiger partial charge in [0.1, 0.15) is 0 Å². The lowest BCUT2D eigenvalue weighted by Gasteiger charge is -2.12. The molecule has 0 aromatic carbocycles. The van der Waals surface area contributed by atoms with E-state index in [1.165, 1.54) is 18.5 Å². The van der Waals surface area contributed by atoms with Crippen molar-refractivity contribution in [1.82, 2.24) is 15.1 Å². The van der Waals surface area contributed by atoms with Crippen molar-refractivity contribution in [1.29, 1.82) is 0 Å². The molecule has 4 heteroatoms. The lowest BCUT2D eigenvalue weighted by atomic mass is 10.1. The molecule has 3 nitrogen and oxygen atoms in total. The van der Waals surface area contributed by atoms with Crippen molar-refractivity contribution in [3.05, 3.63) is 18.0 Å². The second-order valence-electron chi connectivity index (χ2n) is 4.51. The standard InChI is InChI=1S/C11H18ClN3/c1-15-10(3-7-14-15)2-6-13-9-11(8-12)4-5-11/h3,7,13H,2,4-6,8-9H2,1H3. The van der Waals surface area contributed by atoms with Gasteiger partial charge in [-0.05, 0) is 24.3 Å². The third-order valence-electron chi connectivity index (χ3n) is 3.22. The number of hydrogen-bond acceptors (Lipinski definition) is 2. The molecule has 0 saturated heterocycles. The van der Waals surface area contributed by atoms with E-state index in [2.05, 4.69) is 16.5 Å². The summed E-state index contributed by atoms with van der Waals surface area (Å²) >= 11 is 5.91. The van der Waals surface area contributed by atoms with Crippen LogP contribution in [0.3, 0.4) is 0 Å². The Morgan fingerprint density at radius 3 is 2.93 bits per heavy atom. The third kappa shape index (κ3) is 2.73. The van der Waals surface area contributed by atoms with Gasteiger partial charge in [-0.25, -0.2) is 0 Å². The van der Waals surface area contributed by atoms with Crippen LogP contribution in [0, 0.1) is 5.41 Å². The summed E-state index contributed by atoms with van der Waals surface area (Å²) in [6.07, 6.45) is 5.45. The maximum Gasteiger partial charge on any atom is 0.0492 e. The van der Waals surface area contributed by atoms with E-state index in [1.54, 1.807) is 0 Å². The average Bonchev–Trinajstić information content (AvgIpc) is 2.92. The first-order valence-corrected chi connectivity index (χ1v) is 6.03. The predicted octanol–water partition coefficient (Wildman–Crippen LogP) is 1.57. The number of aromatic nitrogens is 2. The summed E-state index contributed by atoms with van der Waals surface area (Å²) in [7, 11) is 1.98. The van der Waals surface area contributed by atoms with Crippen molar-refractivity contribution >= 4 is 11.6 Å². The topological polar surface area (TPSA) is 29.9 Å². The molecule has 1 aromatic rings. The minimum atomic E-state index is 0.425. The highest BCUT2D eigenvalue weighted by Crippen LogP contribution is 2.45. The van der Waals surface area contributed by atoms with Gasteiger partial charge in [-0.1, -0.05) is 0 Å². The summed E-state index contributed by atoms with van der Waals surface area (Å²) < 4.78 is 1.93. The van der Waals surface area contributed by atoms with E-state index < -0.39 is 0 Å². The monoisotopic (exact) mass is 227 g/mol. The lowest BCUT2D eigenvalue weighted by Crippen LogP contribution is -2.27. The first kappa shape index (κ1) is 11.0. The molecule has 15 heavy (non-hydrogen) atoms. The van der Waals surface area contributed by atoms with Gasteiger partial charge < -0.3 is 5.32 Å². The van der Waals surface area contributed by atoms with Crippen LogP contribution in [0.5, 0.6) is 0 Å². The zero-order valence-electron chi connectivity index (χ0n) is 9.17. The zero-order valence-corrected chi connectivity index (χ0v) is 9.93. The zero-order chi connectivity index (χ0) is 10.7. The summed E-state index contributed by atoms with van der Waals surface area (Å²) in [6.45, 7) is 2.08. The molecule has 0 radical (unpaired) electrons. The fourth-order valence-corrected chi connectivity index (χ4v) is 2.11. The normalized spacial score (nSPS) is 18.0. The Balaban J connectivity index is 1.65. The molecule has 1 heterocycles. The molecule has 0 amide bonds. The fourth-order valence-electron chi connectivity index (χ4n) is 1.75. The molecule has 84 valence electrons. The summed E-state index contributed by atoms with van der Waals surface area (Å²) in [5.74, 6) is 0.797. The van der Waals surface area contributed by atoms with Crippen LogP contribution in [0.1, 0.15) is 18.5 Å². The van der Waals surface area contributed by atoms with Gasteiger partial charge in [-0.3, -0.25) is 4.68 Å². The molecule has 1 aliphatic rings. The Kier molecular flexibility index (Phi) is 3.32. The number of nitrogens with zero attached hydrogens (tertiary/aromatic N) is 2. The highest BCUT2D eigenvalue weighted by atomic mass is 35.5. The highest BCUT2D eigenvalue weighted by Gasteiger charge is 2.40. The van der Waals surface area contributed by atoms with Crippen molar-refractivity contribution in [2.75, 3.05) is 19.0 Å². The summed E-state index contributed by atoms with van der Waals surface area (Å²) in [5.41, 5.74) is 1.70. The van der Waals surface area contributed by atoms with Gasteiger partial charge in [0.05, 0.1) is 0 Å². The lowest BCUT2D eigenvalue weighted by molar-refractivity contribution is 0.503.